The summed E-state index contributed by atoms with van der Waals surface area (Å²) in [6, 6.07) is 3.70. The second kappa shape index (κ2) is 5.63. The number of nitrogens with zero attached hydrogens (tertiary/aromatic N) is 1. The van der Waals surface area contributed by atoms with E-state index in [9.17, 15) is 17.2 Å². The van der Waals surface area contributed by atoms with E-state index < -0.39 is 21.7 Å². The Hall–Kier alpha value is -1.25. The molecule has 1 N–H and O–H groups in total. The molecule has 0 atom stereocenters. The van der Waals surface area contributed by atoms with Crippen LogP contribution in [0.25, 0.3) is 0 Å². The number of rotatable bonds is 3. The van der Waals surface area contributed by atoms with E-state index in [1.165, 1.54) is 12.3 Å². The molecule has 0 unspecified atom stereocenters. The average Bonchev–Trinajstić information content (AvgIpc) is 2.35. The Kier molecular flexibility index (Phi) is 4.26. The molecule has 2 rings (SSSR count). The molecule has 1 heterocycles. The van der Waals surface area contributed by atoms with Crippen molar-refractivity contribution in [2.75, 3.05) is 4.72 Å². The van der Waals surface area contributed by atoms with Crippen LogP contribution in [0.3, 0.4) is 0 Å². The van der Waals surface area contributed by atoms with Gasteiger partial charge >= 0.3 is 0 Å². The van der Waals surface area contributed by atoms with E-state index in [0.29, 0.717) is 10.5 Å². The van der Waals surface area contributed by atoms with E-state index >= 15 is 0 Å². The predicted octanol–water partition coefficient (Wildman–Crippen LogP) is 3.58. The third kappa shape index (κ3) is 3.25. The lowest BCUT2D eigenvalue weighted by molar-refractivity contribution is 0.582. The molecule has 0 amide bonds. The lowest BCUT2D eigenvalue weighted by atomic mass is 10.3. The molecule has 0 saturated carbocycles. The zero-order valence-corrected chi connectivity index (χ0v) is 12.7. The topological polar surface area (TPSA) is 59.1 Å². The Bertz CT molecular complexity index is 771. The van der Waals surface area contributed by atoms with Gasteiger partial charge in [0, 0.05) is 16.7 Å². The highest BCUT2D eigenvalue weighted by molar-refractivity contribution is 9.10. The fourth-order valence-corrected chi connectivity index (χ4v) is 3.38. The second-order valence-corrected chi connectivity index (χ2v) is 6.60. The van der Waals surface area contributed by atoms with Crippen molar-refractivity contribution in [2.24, 2.45) is 0 Å². The number of sulfonamides is 1. The summed E-state index contributed by atoms with van der Waals surface area (Å²) in [5.41, 5.74) is -0.387. The van der Waals surface area contributed by atoms with Gasteiger partial charge < -0.3 is 0 Å². The first kappa shape index (κ1) is 15.1. The van der Waals surface area contributed by atoms with E-state index in [4.69, 9.17) is 11.6 Å². The van der Waals surface area contributed by atoms with Crippen LogP contribution in [0.15, 0.2) is 39.8 Å². The molecule has 0 aliphatic rings. The number of benzene rings is 1. The van der Waals surface area contributed by atoms with Crippen LogP contribution in [-0.2, 0) is 10.0 Å². The van der Waals surface area contributed by atoms with Gasteiger partial charge in [-0.1, -0.05) is 11.6 Å². The summed E-state index contributed by atoms with van der Waals surface area (Å²) in [6.45, 7) is 0. The minimum Gasteiger partial charge on any atom is -0.277 e. The van der Waals surface area contributed by atoms with Crippen molar-refractivity contribution in [3.8, 4) is 0 Å². The van der Waals surface area contributed by atoms with Crippen LogP contribution in [-0.4, -0.2) is 13.4 Å². The standard InChI is InChI=1S/C11H6BrClF2N2O2S/c12-6-3-10(11(13)16-5-6)20(18,19)17-9-2-1-7(14)4-8(9)15/h1-5,17H. The maximum atomic E-state index is 13.5. The van der Waals surface area contributed by atoms with Crippen molar-refractivity contribution in [1.82, 2.24) is 4.98 Å². The number of hydrogen-bond acceptors (Lipinski definition) is 3. The van der Waals surface area contributed by atoms with Gasteiger partial charge in [-0.2, -0.15) is 0 Å². The molecule has 0 bridgehead atoms. The fraction of sp³-hybridized carbons (Fsp3) is 0. The molecule has 9 heteroatoms. The summed E-state index contributed by atoms with van der Waals surface area (Å²) in [4.78, 5) is 3.35. The van der Waals surface area contributed by atoms with Crippen LogP contribution in [0.4, 0.5) is 14.5 Å². The molecule has 1 aromatic carbocycles. The van der Waals surface area contributed by atoms with Gasteiger partial charge in [0.05, 0.1) is 5.69 Å². The van der Waals surface area contributed by atoms with Crippen molar-refractivity contribution in [2.45, 2.75) is 4.90 Å². The first-order chi connectivity index (χ1) is 9.29. The van der Waals surface area contributed by atoms with Crippen molar-refractivity contribution < 1.29 is 17.2 Å². The van der Waals surface area contributed by atoms with Crippen molar-refractivity contribution >= 4 is 43.2 Å². The van der Waals surface area contributed by atoms with Crippen LogP contribution in [0.2, 0.25) is 5.15 Å². The summed E-state index contributed by atoms with van der Waals surface area (Å²) in [5, 5.41) is -0.261. The molecular formula is C11H6BrClF2N2O2S. The number of pyridine rings is 1. The third-order valence-electron chi connectivity index (χ3n) is 2.24. The van der Waals surface area contributed by atoms with Gasteiger partial charge in [0.15, 0.2) is 0 Å². The maximum Gasteiger partial charge on any atom is 0.265 e. The zero-order valence-electron chi connectivity index (χ0n) is 9.57. The molecule has 106 valence electrons. The van der Waals surface area contributed by atoms with E-state index in [1.807, 2.05) is 4.72 Å². The van der Waals surface area contributed by atoms with Crippen LogP contribution < -0.4 is 4.72 Å². The van der Waals surface area contributed by atoms with Gasteiger partial charge in [0.2, 0.25) is 0 Å². The Morgan fingerprint density at radius 3 is 2.60 bits per heavy atom. The number of anilines is 1. The summed E-state index contributed by atoms with van der Waals surface area (Å²) < 4.78 is 52.8. The van der Waals surface area contributed by atoms with Crippen molar-refractivity contribution in [1.29, 1.82) is 0 Å². The van der Waals surface area contributed by atoms with Gasteiger partial charge in [-0.25, -0.2) is 22.2 Å². The van der Waals surface area contributed by atoms with Gasteiger partial charge in [-0.05, 0) is 34.1 Å². The minimum absolute atomic E-state index is 0.261. The molecule has 4 nitrogen and oxygen atoms in total. The van der Waals surface area contributed by atoms with E-state index in [1.54, 1.807) is 0 Å². The maximum absolute atomic E-state index is 13.5. The van der Waals surface area contributed by atoms with Crippen LogP contribution in [0.1, 0.15) is 0 Å². The SMILES string of the molecule is O=S(=O)(Nc1ccc(F)cc1F)c1cc(Br)cnc1Cl. The smallest absolute Gasteiger partial charge is 0.265 e. The third-order valence-corrected chi connectivity index (χ3v) is 4.46. The molecule has 20 heavy (non-hydrogen) atoms. The average molecular weight is 384 g/mol. The molecule has 0 aliphatic carbocycles. The fourth-order valence-electron chi connectivity index (χ4n) is 1.36. The number of halogens is 4. The Morgan fingerprint density at radius 1 is 1.25 bits per heavy atom. The van der Waals surface area contributed by atoms with Gasteiger partial charge in [0.1, 0.15) is 21.7 Å². The summed E-state index contributed by atoms with van der Waals surface area (Å²) in [6.07, 6.45) is 1.32. The number of nitrogens with one attached hydrogen (secondary N) is 1. The monoisotopic (exact) mass is 382 g/mol. The highest BCUT2D eigenvalue weighted by Crippen LogP contribution is 2.26. The molecule has 2 aromatic rings. The van der Waals surface area contributed by atoms with E-state index in [-0.39, 0.29) is 15.7 Å². The Balaban J connectivity index is 2.43. The molecule has 0 aliphatic heterocycles. The molecule has 0 spiro atoms. The second-order valence-electron chi connectivity index (χ2n) is 3.67. The summed E-state index contributed by atoms with van der Waals surface area (Å²) >= 11 is 8.77. The van der Waals surface area contributed by atoms with E-state index in [2.05, 4.69) is 20.9 Å². The Labute approximate surface area is 127 Å². The predicted molar refractivity (Wildman–Crippen MR) is 74.1 cm³/mol. The highest BCUT2D eigenvalue weighted by atomic mass is 79.9. The normalized spacial score (nSPS) is 11.4. The van der Waals surface area contributed by atoms with E-state index in [0.717, 1.165) is 12.1 Å². The van der Waals surface area contributed by atoms with Crippen LogP contribution in [0.5, 0.6) is 0 Å². The first-order valence-electron chi connectivity index (χ1n) is 5.08. The minimum atomic E-state index is -4.14. The molecule has 0 fully saturated rings. The lowest BCUT2D eigenvalue weighted by Crippen LogP contribution is -2.15. The van der Waals surface area contributed by atoms with Gasteiger partial charge in [0.25, 0.3) is 10.0 Å². The highest BCUT2D eigenvalue weighted by Gasteiger charge is 2.21. The Morgan fingerprint density at radius 2 is 1.95 bits per heavy atom. The first-order valence-corrected chi connectivity index (χ1v) is 7.74. The quantitative estimate of drug-likeness (QED) is 0.824. The van der Waals surface area contributed by atoms with Crippen molar-refractivity contribution in [3.63, 3.8) is 0 Å². The van der Waals surface area contributed by atoms with Crippen LogP contribution >= 0.6 is 27.5 Å². The summed E-state index contributed by atoms with van der Waals surface area (Å²) in [5.74, 6) is -1.85. The lowest BCUT2D eigenvalue weighted by Gasteiger charge is -2.10. The molecule has 0 radical (unpaired) electrons. The number of aromatic nitrogens is 1. The van der Waals surface area contributed by atoms with Gasteiger partial charge in [-0.3, -0.25) is 4.72 Å². The van der Waals surface area contributed by atoms with Crippen LogP contribution in [0, 0.1) is 11.6 Å². The molecule has 0 saturated heterocycles. The number of hydrogen-bond donors (Lipinski definition) is 1. The molecule has 1 aromatic heterocycles. The van der Waals surface area contributed by atoms with Crippen molar-refractivity contribution in [3.05, 3.63) is 51.7 Å². The van der Waals surface area contributed by atoms with Gasteiger partial charge in [-0.15, -0.1) is 0 Å². The zero-order chi connectivity index (χ0) is 14.9. The molecular weight excluding hydrogens is 378 g/mol. The summed E-state index contributed by atoms with van der Waals surface area (Å²) in [7, 11) is -4.14. The largest absolute Gasteiger partial charge is 0.277 e.